The van der Waals surface area contributed by atoms with Crippen LogP contribution >= 0.6 is 0 Å². The summed E-state index contributed by atoms with van der Waals surface area (Å²) in [5, 5.41) is 11.6. The van der Waals surface area contributed by atoms with E-state index in [2.05, 4.69) is 24.4 Å². The first kappa shape index (κ1) is 11.7. The minimum atomic E-state index is -0.819. The van der Waals surface area contributed by atoms with Crippen molar-refractivity contribution in [3.63, 3.8) is 0 Å². The number of benzene rings is 1. The van der Waals surface area contributed by atoms with E-state index in [1.54, 1.807) is 6.92 Å². The van der Waals surface area contributed by atoms with Crippen molar-refractivity contribution >= 4 is 5.97 Å². The predicted octanol–water partition coefficient (Wildman–Crippen LogP) is 1.81. The quantitative estimate of drug-likeness (QED) is 0.774. The molecular formula is C12H17NO2. The minimum absolute atomic E-state index is 0.504. The van der Waals surface area contributed by atoms with E-state index in [9.17, 15) is 4.79 Å². The molecule has 0 aromatic heterocycles. The highest BCUT2D eigenvalue weighted by atomic mass is 16.4. The summed E-state index contributed by atoms with van der Waals surface area (Å²) in [4.78, 5) is 10.6. The molecule has 0 heterocycles. The molecule has 2 N–H and O–H groups in total. The molecule has 15 heavy (non-hydrogen) atoms. The summed E-state index contributed by atoms with van der Waals surface area (Å²) in [5.74, 6) is -0.819. The molecule has 0 fully saturated rings. The lowest BCUT2D eigenvalue weighted by Gasteiger charge is -2.09. The van der Waals surface area contributed by atoms with Gasteiger partial charge in [-0.2, -0.15) is 0 Å². The fourth-order valence-corrected chi connectivity index (χ4v) is 1.25. The van der Waals surface area contributed by atoms with E-state index in [0.29, 0.717) is 6.54 Å². The van der Waals surface area contributed by atoms with Crippen LogP contribution in [0, 0.1) is 0 Å². The highest BCUT2D eigenvalue weighted by molar-refractivity contribution is 5.72. The Labute approximate surface area is 90.1 Å². The molecule has 0 aliphatic carbocycles. The number of carboxylic acids is 1. The Bertz CT molecular complexity index is 319. The number of hydrogen-bond donors (Lipinski definition) is 2. The maximum atomic E-state index is 10.6. The third-order valence-electron chi connectivity index (χ3n) is 2.41. The molecule has 1 atom stereocenters. The molecule has 0 aliphatic rings. The molecule has 1 aromatic rings. The van der Waals surface area contributed by atoms with Crippen LogP contribution in [0.1, 0.15) is 25.0 Å². The lowest BCUT2D eigenvalue weighted by molar-refractivity contribution is -0.139. The van der Waals surface area contributed by atoms with Gasteiger partial charge in [0.15, 0.2) is 0 Å². The fourth-order valence-electron chi connectivity index (χ4n) is 1.25. The van der Waals surface area contributed by atoms with Crippen LogP contribution in [0.25, 0.3) is 0 Å². The second kappa shape index (κ2) is 5.51. The van der Waals surface area contributed by atoms with Crippen LogP contribution in [0.5, 0.6) is 0 Å². The molecule has 1 rings (SSSR count). The first-order valence-electron chi connectivity index (χ1n) is 5.17. The average Bonchev–Trinajstić information content (AvgIpc) is 2.26. The van der Waals surface area contributed by atoms with Crippen molar-refractivity contribution in [3.05, 3.63) is 35.4 Å². The van der Waals surface area contributed by atoms with Crippen LogP contribution in [-0.2, 0) is 17.8 Å². The van der Waals surface area contributed by atoms with Crippen molar-refractivity contribution in [1.82, 2.24) is 5.32 Å². The van der Waals surface area contributed by atoms with E-state index in [1.807, 2.05) is 12.1 Å². The van der Waals surface area contributed by atoms with Crippen LogP contribution in [0.2, 0.25) is 0 Å². The van der Waals surface area contributed by atoms with Crippen LogP contribution < -0.4 is 5.32 Å². The Balaban J connectivity index is 2.47. The third-order valence-corrected chi connectivity index (χ3v) is 2.41. The van der Waals surface area contributed by atoms with E-state index >= 15 is 0 Å². The largest absolute Gasteiger partial charge is 0.480 e. The van der Waals surface area contributed by atoms with Gasteiger partial charge in [-0.15, -0.1) is 0 Å². The SMILES string of the molecule is CCc1ccc(CNC(C)C(=O)O)cc1. The van der Waals surface area contributed by atoms with Crippen LogP contribution in [-0.4, -0.2) is 17.1 Å². The van der Waals surface area contributed by atoms with Crippen molar-refractivity contribution in [2.75, 3.05) is 0 Å². The molecule has 3 nitrogen and oxygen atoms in total. The molecular weight excluding hydrogens is 190 g/mol. The smallest absolute Gasteiger partial charge is 0.320 e. The molecule has 3 heteroatoms. The Kier molecular flexibility index (Phi) is 4.31. The lowest BCUT2D eigenvalue weighted by atomic mass is 10.1. The number of aryl methyl sites for hydroxylation is 1. The van der Waals surface area contributed by atoms with Crippen molar-refractivity contribution in [2.24, 2.45) is 0 Å². The zero-order chi connectivity index (χ0) is 11.3. The number of aliphatic carboxylic acids is 1. The Morgan fingerprint density at radius 1 is 1.33 bits per heavy atom. The number of carboxylic acid groups (broad SMARTS) is 1. The first-order chi connectivity index (χ1) is 7.13. The standard InChI is InChI=1S/C12H17NO2/c1-3-10-4-6-11(7-5-10)8-13-9(2)12(14)15/h4-7,9,13H,3,8H2,1-2H3,(H,14,15). The molecule has 82 valence electrons. The number of rotatable bonds is 5. The van der Waals surface area contributed by atoms with Gasteiger partial charge >= 0.3 is 5.97 Å². The normalized spacial score (nSPS) is 12.4. The zero-order valence-electron chi connectivity index (χ0n) is 9.16. The summed E-state index contributed by atoms with van der Waals surface area (Å²) in [6.07, 6.45) is 1.03. The number of hydrogen-bond acceptors (Lipinski definition) is 2. The summed E-state index contributed by atoms with van der Waals surface area (Å²) in [6.45, 7) is 4.35. The van der Waals surface area contributed by atoms with Gasteiger partial charge in [-0.3, -0.25) is 4.79 Å². The molecule has 1 aromatic carbocycles. The van der Waals surface area contributed by atoms with Crippen molar-refractivity contribution in [2.45, 2.75) is 32.9 Å². The van der Waals surface area contributed by atoms with Gasteiger partial charge in [0, 0.05) is 6.54 Å². The van der Waals surface area contributed by atoms with E-state index in [1.165, 1.54) is 5.56 Å². The highest BCUT2D eigenvalue weighted by Crippen LogP contribution is 2.04. The van der Waals surface area contributed by atoms with Crippen molar-refractivity contribution < 1.29 is 9.90 Å². The van der Waals surface area contributed by atoms with Gasteiger partial charge in [-0.25, -0.2) is 0 Å². The van der Waals surface area contributed by atoms with E-state index < -0.39 is 12.0 Å². The summed E-state index contributed by atoms with van der Waals surface area (Å²) in [7, 11) is 0. The van der Waals surface area contributed by atoms with E-state index in [4.69, 9.17) is 5.11 Å². The van der Waals surface area contributed by atoms with Gasteiger partial charge < -0.3 is 10.4 Å². The van der Waals surface area contributed by atoms with Gasteiger partial charge in [0.1, 0.15) is 6.04 Å². The Hall–Kier alpha value is -1.35. The van der Waals surface area contributed by atoms with Crippen LogP contribution in [0.15, 0.2) is 24.3 Å². The molecule has 0 saturated carbocycles. The summed E-state index contributed by atoms with van der Waals surface area (Å²) < 4.78 is 0. The zero-order valence-corrected chi connectivity index (χ0v) is 9.16. The fraction of sp³-hybridized carbons (Fsp3) is 0.417. The number of nitrogens with one attached hydrogen (secondary N) is 1. The van der Waals surface area contributed by atoms with E-state index in [0.717, 1.165) is 12.0 Å². The van der Waals surface area contributed by atoms with Crippen molar-refractivity contribution in [3.8, 4) is 0 Å². The first-order valence-corrected chi connectivity index (χ1v) is 5.17. The number of carbonyl (C=O) groups is 1. The summed E-state index contributed by atoms with van der Waals surface area (Å²) in [5.41, 5.74) is 2.41. The Morgan fingerprint density at radius 2 is 1.87 bits per heavy atom. The third kappa shape index (κ3) is 3.72. The summed E-state index contributed by atoms with van der Waals surface area (Å²) >= 11 is 0. The van der Waals surface area contributed by atoms with Crippen LogP contribution in [0.3, 0.4) is 0 Å². The maximum absolute atomic E-state index is 10.6. The molecule has 0 saturated heterocycles. The lowest BCUT2D eigenvalue weighted by Crippen LogP contribution is -2.33. The maximum Gasteiger partial charge on any atom is 0.320 e. The highest BCUT2D eigenvalue weighted by Gasteiger charge is 2.08. The van der Waals surface area contributed by atoms with Gasteiger partial charge in [-0.05, 0) is 24.5 Å². The monoisotopic (exact) mass is 207 g/mol. The molecule has 0 aliphatic heterocycles. The average molecular weight is 207 g/mol. The van der Waals surface area contributed by atoms with Crippen LogP contribution in [0.4, 0.5) is 0 Å². The van der Waals surface area contributed by atoms with Gasteiger partial charge in [0.2, 0.25) is 0 Å². The second-order valence-corrected chi connectivity index (χ2v) is 3.61. The molecule has 0 spiro atoms. The molecule has 0 radical (unpaired) electrons. The van der Waals surface area contributed by atoms with E-state index in [-0.39, 0.29) is 0 Å². The molecule has 0 amide bonds. The van der Waals surface area contributed by atoms with Crippen molar-refractivity contribution in [1.29, 1.82) is 0 Å². The summed E-state index contributed by atoms with van der Waals surface area (Å²) in [6, 6.07) is 7.70. The van der Waals surface area contributed by atoms with Gasteiger partial charge in [-0.1, -0.05) is 31.2 Å². The second-order valence-electron chi connectivity index (χ2n) is 3.61. The Morgan fingerprint density at radius 3 is 2.33 bits per heavy atom. The topological polar surface area (TPSA) is 49.3 Å². The minimum Gasteiger partial charge on any atom is -0.480 e. The van der Waals surface area contributed by atoms with Gasteiger partial charge in [0.05, 0.1) is 0 Å². The molecule has 1 unspecified atom stereocenters. The van der Waals surface area contributed by atoms with Gasteiger partial charge in [0.25, 0.3) is 0 Å². The molecule has 0 bridgehead atoms. The predicted molar refractivity (Wildman–Crippen MR) is 59.8 cm³/mol.